The number of allylic oxidation sites excluding steroid dienone is 1. The summed E-state index contributed by atoms with van der Waals surface area (Å²) in [4.78, 5) is 11.8. The van der Waals surface area contributed by atoms with Gasteiger partial charge in [-0.25, -0.2) is 0 Å². The predicted molar refractivity (Wildman–Crippen MR) is 112 cm³/mol. The molecule has 1 spiro atoms. The number of benzene rings is 1. The summed E-state index contributed by atoms with van der Waals surface area (Å²) in [6.45, 7) is 10.9. The van der Waals surface area contributed by atoms with E-state index in [9.17, 15) is 9.90 Å². The van der Waals surface area contributed by atoms with E-state index in [1.165, 1.54) is 44.1 Å². The highest BCUT2D eigenvalue weighted by Gasteiger charge is 2.74. The molecule has 1 aliphatic heterocycles. The Morgan fingerprint density at radius 3 is 2.62 bits per heavy atom. The van der Waals surface area contributed by atoms with E-state index in [1.54, 1.807) is 13.8 Å². The number of ether oxygens (including phenoxy) is 2. The van der Waals surface area contributed by atoms with Crippen molar-refractivity contribution in [2.45, 2.75) is 78.9 Å². The number of aromatic hydroxyl groups is 1. The number of phenols is 1. The normalized spacial score (nSPS) is 40.3. The fraction of sp³-hybridized carbons (Fsp3) is 0.640. The van der Waals surface area contributed by atoms with E-state index in [0.29, 0.717) is 40.1 Å². The Morgan fingerprint density at radius 2 is 1.90 bits per heavy atom. The van der Waals surface area contributed by atoms with Crippen LogP contribution in [0.5, 0.6) is 17.2 Å². The van der Waals surface area contributed by atoms with Gasteiger partial charge in [-0.15, -0.1) is 0 Å². The van der Waals surface area contributed by atoms with E-state index < -0.39 is 5.79 Å². The zero-order valence-corrected chi connectivity index (χ0v) is 18.2. The van der Waals surface area contributed by atoms with Crippen LogP contribution in [-0.2, 0) is 0 Å². The van der Waals surface area contributed by atoms with Crippen molar-refractivity contribution in [2.24, 2.45) is 22.2 Å². The highest BCUT2D eigenvalue weighted by molar-refractivity contribution is 5.89. The van der Waals surface area contributed by atoms with E-state index in [0.717, 1.165) is 0 Å². The van der Waals surface area contributed by atoms with Crippen LogP contribution in [0.4, 0.5) is 0 Å². The molecule has 0 aromatic heterocycles. The average Bonchev–Trinajstić information content (AvgIpc) is 3.15. The maximum absolute atomic E-state index is 11.8. The molecule has 0 bridgehead atoms. The van der Waals surface area contributed by atoms with E-state index in [-0.39, 0.29) is 16.7 Å². The largest absolute Gasteiger partial charge is 0.506 e. The minimum absolute atomic E-state index is 0.00246. The second-order valence-electron chi connectivity index (χ2n) is 10.8. The average molecular weight is 397 g/mol. The van der Waals surface area contributed by atoms with Gasteiger partial charge in [0.25, 0.3) is 0 Å². The van der Waals surface area contributed by atoms with E-state index in [2.05, 4.69) is 26.8 Å². The Balaban J connectivity index is 1.65. The fourth-order valence-electron chi connectivity index (χ4n) is 7.20. The third kappa shape index (κ3) is 2.35. The van der Waals surface area contributed by atoms with Crippen molar-refractivity contribution < 1.29 is 19.4 Å². The van der Waals surface area contributed by atoms with Crippen molar-refractivity contribution in [3.8, 4) is 17.2 Å². The molecule has 3 fully saturated rings. The Morgan fingerprint density at radius 1 is 1.14 bits per heavy atom. The summed E-state index contributed by atoms with van der Waals surface area (Å²) in [5, 5.41) is 10.9. The van der Waals surface area contributed by atoms with Crippen LogP contribution in [0.3, 0.4) is 0 Å². The van der Waals surface area contributed by atoms with Gasteiger partial charge in [-0.05, 0) is 60.3 Å². The lowest BCUT2D eigenvalue weighted by Gasteiger charge is -2.52. The maximum Gasteiger partial charge on any atom is 0.246 e. The topological polar surface area (TPSA) is 55.8 Å². The summed E-state index contributed by atoms with van der Waals surface area (Å²) >= 11 is 0. The molecule has 0 radical (unpaired) electrons. The molecule has 1 N–H and O–H groups in total. The van der Waals surface area contributed by atoms with E-state index in [4.69, 9.17) is 9.47 Å². The van der Waals surface area contributed by atoms with Crippen molar-refractivity contribution in [3.63, 3.8) is 0 Å². The smallest absolute Gasteiger partial charge is 0.246 e. The summed E-state index contributed by atoms with van der Waals surface area (Å²) in [5.41, 5.74) is 3.30. The molecule has 0 saturated heterocycles. The monoisotopic (exact) mass is 396 g/mol. The van der Waals surface area contributed by atoms with Crippen LogP contribution in [0.25, 0.3) is 6.08 Å². The molecule has 1 aromatic carbocycles. The highest BCUT2D eigenvalue weighted by atomic mass is 16.7. The molecular weight excluding hydrogens is 364 g/mol. The SMILES string of the molecule is C[C@H]1CC[C@@]23C[C@]2(C)CCC[C@]3(C)/C1=C/c1cc2c(c(C=O)c1O)OC(C)(C)O2. The van der Waals surface area contributed by atoms with E-state index in [1.807, 2.05) is 6.07 Å². The van der Waals surface area contributed by atoms with Crippen LogP contribution in [0.15, 0.2) is 11.6 Å². The summed E-state index contributed by atoms with van der Waals surface area (Å²) in [6.07, 6.45) is 10.5. The van der Waals surface area contributed by atoms with Gasteiger partial charge in [0.15, 0.2) is 17.8 Å². The van der Waals surface area contributed by atoms with Gasteiger partial charge in [0.2, 0.25) is 5.79 Å². The van der Waals surface area contributed by atoms with Crippen LogP contribution in [-0.4, -0.2) is 17.2 Å². The van der Waals surface area contributed by atoms with E-state index >= 15 is 0 Å². The third-order valence-corrected chi connectivity index (χ3v) is 8.77. The number of rotatable bonds is 2. The van der Waals surface area contributed by atoms with Gasteiger partial charge < -0.3 is 14.6 Å². The van der Waals surface area contributed by atoms with Crippen LogP contribution in [0.1, 0.15) is 89.1 Å². The molecule has 0 amide bonds. The Bertz CT molecular complexity index is 945. The number of aldehydes is 1. The third-order valence-electron chi connectivity index (χ3n) is 8.77. The highest BCUT2D eigenvalue weighted by Crippen LogP contribution is 2.83. The van der Waals surface area contributed by atoms with Gasteiger partial charge >= 0.3 is 0 Å². The number of phenolic OH excluding ortho intramolecular Hbond substituents is 1. The first-order chi connectivity index (χ1) is 13.6. The molecule has 29 heavy (non-hydrogen) atoms. The fourth-order valence-corrected chi connectivity index (χ4v) is 7.20. The minimum atomic E-state index is -0.842. The molecule has 156 valence electrons. The van der Waals surface area contributed by atoms with Gasteiger partial charge in [-0.2, -0.15) is 0 Å². The first kappa shape index (κ1) is 19.0. The number of hydrogen-bond acceptors (Lipinski definition) is 4. The molecule has 3 aliphatic carbocycles. The van der Waals surface area contributed by atoms with Crippen molar-refractivity contribution in [3.05, 3.63) is 22.8 Å². The molecule has 4 atom stereocenters. The van der Waals surface area contributed by atoms with Crippen molar-refractivity contribution >= 4 is 12.4 Å². The van der Waals surface area contributed by atoms with Crippen LogP contribution >= 0.6 is 0 Å². The summed E-state index contributed by atoms with van der Waals surface area (Å²) < 4.78 is 11.7. The molecule has 1 aromatic rings. The zero-order chi connectivity index (χ0) is 20.8. The lowest BCUT2D eigenvalue weighted by Crippen LogP contribution is -2.43. The molecular formula is C25H32O4. The number of hydrogen-bond donors (Lipinski definition) is 1. The molecule has 3 saturated carbocycles. The standard InChI is InChI=1S/C25H32O4/c1-15-7-10-25-14-23(25,4)8-6-9-24(25,5)18(15)11-16-12-19-21(17(13-26)20(16)27)29-22(2,3)28-19/h11-13,15,27H,6-10,14H2,1-5H3/b18-11+/t15-,23-,24+,25+/m0/s1. The molecule has 4 nitrogen and oxygen atoms in total. The van der Waals surface area contributed by atoms with Gasteiger partial charge in [0, 0.05) is 19.4 Å². The summed E-state index contributed by atoms with van der Waals surface area (Å²) in [6, 6.07) is 1.84. The van der Waals surface area contributed by atoms with Gasteiger partial charge in [-0.3, -0.25) is 4.79 Å². The quantitative estimate of drug-likeness (QED) is 0.613. The Hall–Kier alpha value is -1.97. The Labute approximate surface area is 173 Å². The van der Waals surface area contributed by atoms with Gasteiger partial charge in [-0.1, -0.05) is 38.8 Å². The zero-order valence-electron chi connectivity index (χ0n) is 18.2. The molecule has 4 heteroatoms. The summed E-state index contributed by atoms with van der Waals surface area (Å²) in [7, 11) is 0. The van der Waals surface area contributed by atoms with Gasteiger partial charge in [0.05, 0.1) is 0 Å². The van der Waals surface area contributed by atoms with Crippen LogP contribution < -0.4 is 9.47 Å². The molecule has 1 heterocycles. The lowest BCUT2D eigenvalue weighted by molar-refractivity contribution is -0.0433. The van der Waals surface area contributed by atoms with Crippen molar-refractivity contribution in [1.29, 1.82) is 0 Å². The maximum atomic E-state index is 11.8. The molecule has 4 aliphatic rings. The number of fused-ring (bicyclic) bond motifs is 1. The minimum Gasteiger partial charge on any atom is -0.506 e. The van der Waals surface area contributed by atoms with Crippen LogP contribution in [0.2, 0.25) is 0 Å². The lowest BCUT2D eigenvalue weighted by atomic mass is 9.52. The van der Waals surface area contributed by atoms with Crippen molar-refractivity contribution in [1.82, 2.24) is 0 Å². The van der Waals surface area contributed by atoms with Crippen molar-refractivity contribution in [2.75, 3.05) is 0 Å². The number of carbonyl (C=O) groups is 1. The first-order valence-corrected chi connectivity index (χ1v) is 11.0. The van der Waals surface area contributed by atoms with Gasteiger partial charge in [0.1, 0.15) is 11.3 Å². The molecule has 5 rings (SSSR count). The number of carbonyl (C=O) groups excluding carboxylic acids is 1. The second-order valence-corrected chi connectivity index (χ2v) is 10.8. The summed E-state index contributed by atoms with van der Waals surface area (Å²) in [5.74, 6) is 0.499. The molecule has 0 unspecified atom stereocenters. The second kappa shape index (κ2) is 5.59. The predicted octanol–water partition coefficient (Wildman–Crippen LogP) is 6.11. The first-order valence-electron chi connectivity index (χ1n) is 11.0. The Kier molecular flexibility index (Phi) is 3.66. The van der Waals surface area contributed by atoms with Crippen LogP contribution in [0, 0.1) is 22.2 Å².